The number of halogens is 3. The summed E-state index contributed by atoms with van der Waals surface area (Å²) in [6.45, 7) is 11.3. The molecule has 35 heavy (non-hydrogen) atoms. The van der Waals surface area contributed by atoms with Crippen LogP contribution in [0.5, 0.6) is 0 Å². The summed E-state index contributed by atoms with van der Waals surface area (Å²) in [4.78, 5) is 3.32. The Hall–Kier alpha value is -2.86. The molecule has 0 amide bonds. The van der Waals surface area contributed by atoms with Gasteiger partial charge in [0.05, 0.1) is 29.5 Å². The quantitative estimate of drug-likeness (QED) is 0.494. The Kier molecular flexibility index (Phi) is 5.51. The molecule has 1 fully saturated rings. The van der Waals surface area contributed by atoms with Gasteiger partial charge in [-0.2, -0.15) is 18.3 Å². The highest BCUT2D eigenvalue weighted by molar-refractivity contribution is 7.89. The smallest absolute Gasteiger partial charge is 0.308 e. The number of hydrogen-bond acceptors (Lipinski definition) is 7. The predicted octanol–water partition coefficient (Wildman–Crippen LogP) is 3.74. The van der Waals surface area contributed by atoms with Gasteiger partial charge in [0.25, 0.3) is 5.66 Å². The number of rotatable bonds is 5. The van der Waals surface area contributed by atoms with Crippen LogP contribution in [-0.2, 0) is 16.2 Å². The normalized spacial score (nSPS) is 22.1. The summed E-state index contributed by atoms with van der Waals surface area (Å²) >= 11 is 0.315. The van der Waals surface area contributed by atoms with E-state index in [1.807, 2.05) is 19.9 Å². The Morgan fingerprint density at radius 2 is 2.03 bits per heavy atom. The summed E-state index contributed by atoms with van der Waals surface area (Å²) in [5.41, 5.74) is 0.638. The van der Waals surface area contributed by atoms with Crippen molar-refractivity contribution in [1.29, 1.82) is 0 Å². The number of fused-ring (bicyclic) bond motifs is 1. The lowest BCUT2D eigenvalue weighted by Crippen LogP contribution is -2.37. The van der Waals surface area contributed by atoms with Crippen LogP contribution in [0.25, 0.3) is 26.5 Å². The van der Waals surface area contributed by atoms with Crippen molar-refractivity contribution in [3.8, 4) is 5.13 Å². The molecule has 184 valence electrons. The lowest BCUT2D eigenvalue weighted by atomic mass is 9.92. The molecule has 2 aromatic heterocycles. The fraction of sp³-hybridized carbons (Fsp3) is 0.429. The SMILES string of the molecule is [C-]#[N+]C1(NS(=O)(=O)c2cc(C3=CC(C)NC(C)C3)c3cnn(-c4nnc(C(F)(F)F)s4)c3c2)CC1. The van der Waals surface area contributed by atoms with E-state index in [9.17, 15) is 21.6 Å². The fourth-order valence-electron chi connectivity index (χ4n) is 4.21. The first-order valence-electron chi connectivity index (χ1n) is 10.7. The minimum absolute atomic E-state index is 0.0339. The summed E-state index contributed by atoms with van der Waals surface area (Å²) in [7, 11) is -4.10. The predicted molar refractivity (Wildman–Crippen MR) is 123 cm³/mol. The summed E-state index contributed by atoms with van der Waals surface area (Å²) < 4.78 is 69.5. The van der Waals surface area contributed by atoms with Gasteiger partial charge in [-0.25, -0.2) is 19.7 Å². The third-order valence-corrected chi connectivity index (χ3v) is 8.39. The number of alkyl halides is 3. The van der Waals surface area contributed by atoms with Crippen molar-refractivity contribution < 1.29 is 21.6 Å². The Morgan fingerprint density at radius 1 is 1.29 bits per heavy atom. The van der Waals surface area contributed by atoms with Crippen molar-refractivity contribution in [1.82, 2.24) is 30.0 Å². The molecule has 0 bridgehead atoms. The fourth-order valence-corrected chi connectivity index (χ4v) is 6.30. The van der Waals surface area contributed by atoms with Gasteiger partial charge < -0.3 is 5.32 Å². The molecule has 1 aliphatic carbocycles. The lowest BCUT2D eigenvalue weighted by molar-refractivity contribution is -0.138. The van der Waals surface area contributed by atoms with E-state index in [0.29, 0.717) is 41.5 Å². The number of hydrogen-bond donors (Lipinski definition) is 2. The van der Waals surface area contributed by atoms with Crippen LogP contribution in [0.3, 0.4) is 0 Å². The molecule has 2 N–H and O–H groups in total. The van der Waals surface area contributed by atoms with E-state index in [-0.39, 0.29) is 27.6 Å². The molecule has 3 heterocycles. The summed E-state index contributed by atoms with van der Waals surface area (Å²) in [5.74, 6) is 0. The number of aromatic nitrogens is 4. The Labute approximate surface area is 202 Å². The van der Waals surface area contributed by atoms with Crippen LogP contribution in [0.4, 0.5) is 13.2 Å². The van der Waals surface area contributed by atoms with Crippen molar-refractivity contribution in [2.45, 2.75) is 61.9 Å². The molecule has 0 spiro atoms. The molecule has 0 radical (unpaired) electrons. The highest BCUT2D eigenvalue weighted by atomic mass is 32.2. The molecule has 2 atom stereocenters. The van der Waals surface area contributed by atoms with Crippen LogP contribution in [0.1, 0.15) is 43.7 Å². The minimum Gasteiger partial charge on any atom is -0.308 e. The van der Waals surface area contributed by atoms with Gasteiger partial charge in [-0.1, -0.05) is 17.4 Å². The van der Waals surface area contributed by atoms with Gasteiger partial charge >= 0.3 is 6.18 Å². The topological polar surface area (TPSA) is 106 Å². The van der Waals surface area contributed by atoms with Gasteiger partial charge in [0.1, 0.15) is 0 Å². The van der Waals surface area contributed by atoms with Crippen molar-refractivity contribution in [2.75, 3.05) is 0 Å². The van der Waals surface area contributed by atoms with Gasteiger partial charge in [-0.15, -0.1) is 14.9 Å². The highest BCUT2D eigenvalue weighted by Crippen LogP contribution is 2.40. The second-order valence-corrected chi connectivity index (χ2v) is 11.5. The Morgan fingerprint density at radius 3 is 2.63 bits per heavy atom. The van der Waals surface area contributed by atoms with Crippen LogP contribution in [0.2, 0.25) is 0 Å². The van der Waals surface area contributed by atoms with Crippen LogP contribution < -0.4 is 10.0 Å². The molecular formula is C21H20F3N7O2S2. The summed E-state index contributed by atoms with van der Waals surface area (Å²) in [6, 6.07) is 3.04. The van der Waals surface area contributed by atoms with E-state index in [4.69, 9.17) is 6.57 Å². The molecule has 1 aromatic carbocycles. The van der Waals surface area contributed by atoms with Gasteiger partial charge in [0.15, 0.2) is 0 Å². The maximum atomic E-state index is 13.3. The van der Waals surface area contributed by atoms with E-state index in [1.54, 1.807) is 0 Å². The average molecular weight is 524 g/mol. The van der Waals surface area contributed by atoms with Crippen LogP contribution in [0, 0.1) is 6.57 Å². The highest BCUT2D eigenvalue weighted by Gasteiger charge is 2.54. The minimum atomic E-state index is -4.66. The van der Waals surface area contributed by atoms with Gasteiger partial charge in [-0.3, -0.25) is 4.85 Å². The van der Waals surface area contributed by atoms with Crippen molar-refractivity contribution in [3.05, 3.63) is 46.4 Å². The molecule has 1 aliphatic heterocycles. The zero-order valence-electron chi connectivity index (χ0n) is 18.6. The maximum absolute atomic E-state index is 13.3. The molecule has 2 unspecified atom stereocenters. The van der Waals surface area contributed by atoms with Gasteiger partial charge in [-0.05, 0) is 43.5 Å². The first-order valence-corrected chi connectivity index (χ1v) is 13.0. The van der Waals surface area contributed by atoms with Crippen LogP contribution in [-0.4, -0.2) is 46.1 Å². The number of nitrogens with zero attached hydrogens (tertiary/aromatic N) is 5. The Balaban J connectivity index is 1.70. The Bertz CT molecular complexity index is 1500. The van der Waals surface area contributed by atoms with E-state index < -0.39 is 26.9 Å². The number of nitrogens with one attached hydrogen (secondary N) is 2. The molecule has 0 saturated heterocycles. The number of benzene rings is 1. The molecule has 3 aromatic rings. The zero-order valence-corrected chi connectivity index (χ0v) is 20.2. The van der Waals surface area contributed by atoms with Crippen molar-refractivity contribution >= 4 is 37.8 Å². The van der Waals surface area contributed by atoms with Crippen LogP contribution >= 0.6 is 11.3 Å². The summed E-state index contributed by atoms with van der Waals surface area (Å²) in [5, 5.41) is 13.8. The van der Waals surface area contributed by atoms with Gasteiger partial charge in [0, 0.05) is 17.5 Å². The third-order valence-electron chi connectivity index (χ3n) is 5.94. The number of sulfonamides is 1. The van der Waals surface area contributed by atoms with Crippen molar-refractivity contribution in [3.63, 3.8) is 0 Å². The summed E-state index contributed by atoms with van der Waals surface area (Å²) in [6.07, 6.45) is 0.268. The van der Waals surface area contributed by atoms with E-state index in [1.165, 1.54) is 23.0 Å². The molecule has 14 heteroatoms. The van der Waals surface area contributed by atoms with Crippen molar-refractivity contribution in [2.24, 2.45) is 0 Å². The first-order chi connectivity index (χ1) is 16.4. The molecule has 2 aliphatic rings. The lowest BCUT2D eigenvalue weighted by Gasteiger charge is -2.26. The first kappa shape index (κ1) is 23.9. The standard InChI is InChI=1S/C21H20F3N7O2S2/c1-11-6-13(7-12(2)27-11)15-8-14(35(32,33)30-20(25-3)4-5-20)9-17-16(15)10-26-31(17)19-29-28-18(34-19)21(22,23)24/h6,8-12,27,30H,4-5,7H2,1-2H3. The largest absolute Gasteiger partial charge is 0.445 e. The van der Waals surface area contributed by atoms with E-state index >= 15 is 0 Å². The molecule has 1 saturated carbocycles. The molecule has 5 rings (SSSR count). The van der Waals surface area contributed by atoms with Crippen LogP contribution in [0.15, 0.2) is 29.3 Å². The maximum Gasteiger partial charge on any atom is 0.445 e. The van der Waals surface area contributed by atoms with E-state index in [0.717, 1.165) is 5.57 Å². The molecular weight excluding hydrogens is 503 g/mol. The average Bonchev–Trinajstić information content (AvgIpc) is 3.17. The third kappa shape index (κ3) is 4.44. The molecule has 9 nitrogen and oxygen atoms in total. The monoisotopic (exact) mass is 523 g/mol. The second kappa shape index (κ2) is 8.09. The second-order valence-electron chi connectivity index (χ2n) is 8.85. The van der Waals surface area contributed by atoms with Gasteiger partial charge in [0.2, 0.25) is 20.2 Å². The zero-order chi connectivity index (χ0) is 25.2. The van der Waals surface area contributed by atoms with E-state index in [2.05, 4.69) is 30.2 Å².